The van der Waals surface area contributed by atoms with E-state index in [0.717, 1.165) is 17.8 Å². The average Bonchev–Trinajstić information content (AvgIpc) is 2.70. The minimum atomic E-state index is -4.42. The number of nitrogens with zero attached hydrogens (tertiary/aromatic N) is 3. The van der Waals surface area contributed by atoms with E-state index in [0.29, 0.717) is 0 Å². The smallest absolute Gasteiger partial charge is 0.254 e. The average molecular weight is 246 g/mol. The first-order valence-electron chi connectivity index (χ1n) is 4.13. The highest BCUT2D eigenvalue weighted by Crippen LogP contribution is 2.36. The molecule has 0 radical (unpaired) electrons. The number of pyridine rings is 1. The first kappa shape index (κ1) is 10.9. The number of nitrogens with one attached hydrogen (secondary N) is 1. The van der Waals surface area contributed by atoms with Crippen LogP contribution in [0.15, 0.2) is 34.8 Å². The summed E-state index contributed by atoms with van der Waals surface area (Å²) in [6.45, 7) is 0. The highest BCUT2D eigenvalue weighted by atomic mass is 32.2. The van der Waals surface area contributed by atoms with Gasteiger partial charge in [0.05, 0.1) is 5.56 Å². The first-order chi connectivity index (χ1) is 7.57. The van der Waals surface area contributed by atoms with Crippen molar-refractivity contribution in [2.75, 3.05) is 0 Å². The molecule has 0 atom stereocenters. The van der Waals surface area contributed by atoms with Gasteiger partial charge in [-0.2, -0.15) is 18.3 Å². The summed E-state index contributed by atoms with van der Waals surface area (Å²) in [5.41, 5.74) is -0.781. The maximum Gasteiger partial charge on any atom is 0.419 e. The van der Waals surface area contributed by atoms with E-state index in [4.69, 9.17) is 0 Å². The van der Waals surface area contributed by atoms with E-state index in [1.165, 1.54) is 18.6 Å². The van der Waals surface area contributed by atoms with Crippen LogP contribution in [0.4, 0.5) is 13.2 Å². The number of rotatable bonds is 2. The van der Waals surface area contributed by atoms with E-state index in [-0.39, 0.29) is 10.2 Å². The third-order valence-electron chi connectivity index (χ3n) is 1.66. The number of H-pyrrole nitrogens is 1. The molecule has 0 fully saturated rings. The molecule has 4 nitrogen and oxygen atoms in total. The molecular formula is C8H5F3N4S. The van der Waals surface area contributed by atoms with Gasteiger partial charge < -0.3 is 0 Å². The molecule has 2 heterocycles. The normalized spacial score (nSPS) is 11.7. The fraction of sp³-hybridized carbons (Fsp3) is 0.125. The molecule has 8 heteroatoms. The second kappa shape index (κ2) is 4.12. The Bertz CT molecular complexity index is 468. The number of aromatic amines is 1. The summed E-state index contributed by atoms with van der Waals surface area (Å²) in [4.78, 5) is 7.40. The van der Waals surface area contributed by atoms with Crippen LogP contribution in [0, 0.1) is 0 Å². The molecule has 0 aliphatic heterocycles. The number of aromatic nitrogens is 4. The molecule has 2 aromatic rings. The molecule has 0 aliphatic carbocycles. The second-order valence-electron chi connectivity index (χ2n) is 2.75. The summed E-state index contributed by atoms with van der Waals surface area (Å²) in [6, 6.07) is 2.22. The Hall–Kier alpha value is -1.57. The maximum absolute atomic E-state index is 12.6. The van der Waals surface area contributed by atoms with Gasteiger partial charge in [0.2, 0.25) is 0 Å². The molecule has 0 aromatic carbocycles. The Morgan fingerprint density at radius 1 is 1.25 bits per heavy atom. The Balaban J connectivity index is 2.34. The van der Waals surface area contributed by atoms with E-state index in [1.807, 2.05) is 0 Å². The number of alkyl halides is 3. The molecule has 0 aliphatic rings. The third-order valence-corrected chi connectivity index (χ3v) is 2.57. The van der Waals surface area contributed by atoms with Crippen molar-refractivity contribution in [2.24, 2.45) is 0 Å². The van der Waals surface area contributed by atoms with Crippen molar-refractivity contribution in [3.63, 3.8) is 0 Å². The zero-order valence-electron chi connectivity index (χ0n) is 7.69. The van der Waals surface area contributed by atoms with E-state index in [1.54, 1.807) is 0 Å². The zero-order valence-corrected chi connectivity index (χ0v) is 8.51. The maximum atomic E-state index is 12.6. The van der Waals surface area contributed by atoms with E-state index < -0.39 is 11.7 Å². The van der Waals surface area contributed by atoms with Crippen LogP contribution in [0.5, 0.6) is 0 Å². The van der Waals surface area contributed by atoms with Crippen LogP contribution in [-0.4, -0.2) is 20.2 Å². The Kier molecular flexibility index (Phi) is 2.82. The molecule has 0 unspecified atom stereocenters. The lowest BCUT2D eigenvalue weighted by Crippen LogP contribution is -2.07. The van der Waals surface area contributed by atoms with Crippen molar-refractivity contribution >= 4 is 11.8 Å². The fourth-order valence-electron chi connectivity index (χ4n) is 1.02. The quantitative estimate of drug-likeness (QED) is 0.883. The number of hydrogen-bond acceptors (Lipinski definition) is 4. The van der Waals surface area contributed by atoms with Gasteiger partial charge in [0.15, 0.2) is 5.16 Å². The largest absolute Gasteiger partial charge is 0.419 e. The van der Waals surface area contributed by atoms with Crippen LogP contribution >= 0.6 is 11.8 Å². The molecule has 0 saturated carbocycles. The summed E-state index contributed by atoms with van der Waals surface area (Å²) in [5, 5.41) is 6.12. The van der Waals surface area contributed by atoms with Crippen molar-refractivity contribution in [1.82, 2.24) is 20.2 Å². The Morgan fingerprint density at radius 3 is 2.69 bits per heavy atom. The van der Waals surface area contributed by atoms with Gasteiger partial charge in [-0.05, 0) is 23.9 Å². The van der Waals surface area contributed by atoms with Crippen LogP contribution in [0.25, 0.3) is 0 Å². The van der Waals surface area contributed by atoms with Gasteiger partial charge in [0, 0.05) is 6.20 Å². The lowest BCUT2D eigenvalue weighted by Gasteiger charge is -2.09. The summed E-state index contributed by atoms with van der Waals surface area (Å²) >= 11 is 0.787. The minimum absolute atomic E-state index is 0.147. The predicted octanol–water partition coefficient (Wildman–Crippen LogP) is 2.37. The third kappa shape index (κ3) is 2.32. The summed E-state index contributed by atoms with van der Waals surface area (Å²) in [5.74, 6) is 0. The molecule has 0 saturated heterocycles. The summed E-state index contributed by atoms with van der Waals surface area (Å²) in [7, 11) is 0. The van der Waals surface area contributed by atoms with Gasteiger partial charge in [-0.25, -0.2) is 9.97 Å². The van der Waals surface area contributed by atoms with Gasteiger partial charge in [-0.1, -0.05) is 0 Å². The number of hydrogen-bond donors (Lipinski definition) is 1. The standard InChI is InChI=1S/C8H5F3N4S/c9-8(10,11)5-2-1-3-12-6(5)16-7-13-4-14-15-7/h1-4H,(H,13,14,15). The van der Waals surface area contributed by atoms with Crippen LogP contribution in [0.3, 0.4) is 0 Å². The molecule has 84 valence electrons. The highest BCUT2D eigenvalue weighted by Gasteiger charge is 2.34. The highest BCUT2D eigenvalue weighted by molar-refractivity contribution is 7.99. The molecule has 0 spiro atoms. The van der Waals surface area contributed by atoms with E-state index in [9.17, 15) is 13.2 Å². The molecule has 1 N–H and O–H groups in total. The Morgan fingerprint density at radius 2 is 2.06 bits per heavy atom. The topological polar surface area (TPSA) is 54.5 Å². The first-order valence-corrected chi connectivity index (χ1v) is 4.94. The Labute approximate surface area is 92.3 Å². The molecule has 2 aromatic heterocycles. The molecule has 16 heavy (non-hydrogen) atoms. The van der Waals surface area contributed by atoms with Gasteiger partial charge >= 0.3 is 6.18 Å². The van der Waals surface area contributed by atoms with Crippen LogP contribution in [0.1, 0.15) is 5.56 Å². The van der Waals surface area contributed by atoms with Crippen molar-refractivity contribution in [3.8, 4) is 0 Å². The summed E-state index contributed by atoms with van der Waals surface area (Å²) in [6.07, 6.45) is -1.90. The van der Waals surface area contributed by atoms with Crippen molar-refractivity contribution in [1.29, 1.82) is 0 Å². The fourth-order valence-corrected chi connectivity index (χ4v) is 1.81. The molecule has 2 rings (SSSR count). The van der Waals surface area contributed by atoms with E-state index in [2.05, 4.69) is 20.2 Å². The predicted molar refractivity (Wildman–Crippen MR) is 49.7 cm³/mol. The second-order valence-corrected chi connectivity index (χ2v) is 3.72. The van der Waals surface area contributed by atoms with Gasteiger partial charge in [-0.15, -0.1) is 0 Å². The molecular weight excluding hydrogens is 241 g/mol. The van der Waals surface area contributed by atoms with Crippen LogP contribution in [0.2, 0.25) is 0 Å². The van der Waals surface area contributed by atoms with Gasteiger partial charge in [-0.3, -0.25) is 5.10 Å². The lowest BCUT2D eigenvalue weighted by molar-refractivity contribution is -0.140. The van der Waals surface area contributed by atoms with Crippen molar-refractivity contribution in [2.45, 2.75) is 16.4 Å². The molecule has 0 amide bonds. The van der Waals surface area contributed by atoms with Crippen molar-refractivity contribution in [3.05, 3.63) is 30.2 Å². The molecule has 0 bridgehead atoms. The summed E-state index contributed by atoms with van der Waals surface area (Å²) < 4.78 is 37.7. The monoisotopic (exact) mass is 246 g/mol. The van der Waals surface area contributed by atoms with Crippen LogP contribution in [-0.2, 0) is 6.18 Å². The minimum Gasteiger partial charge on any atom is -0.254 e. The lowest BCUT2D eigenvalue weighted by atomic mass is 10.3. The SMILES string of the molecule is FC(F)(F)c1cccnc1Sc1ncn[nH]1. The zero-order chi connectivity index (χ0) is 11.6. The van der Waals surface area contributed by atoms with Gasteiger partial charge in [0.25, 0.3) is 0 Å². The van der Waals surface area contributed by atoms with Crippen molar-refractivity contribution < 1.29 is 13.2 Å². The van der Waals surface area contributed by atoms with E-state index >= 15 is 0 Å². The number of halogens is 3. The van der Waals surface area contributed by atoms with Crippen LogP contribution < -0.4 is 0 Å². The van der Waals surface area contributed by atoms with Gasteiger partial charge in [0.1, 0.15) is 11.4 Å².